The van der Waals surface area contributed by atoms with Crippen molar-refractivity contribution in [1.82, 2.24) is 10.2 Å². The van der Waals surface area contributed by atoms with Gasteiger partial charge in [0.05, 0.1) is 6.07 Å². The molecule has 0 unspecified atom stereocenters. The van der Waals surface area contributed by atoms with E-state index in [1.165, 1.54) is 12.8 Å². The Morgan fingerprint density at radius 1 is 1.21 bits per heavy atom. The van der Waals surface area contributed by atoms with Gasteiger partial charge in [-0.1, -0.05) is 19.8 Å². The second kappa shape index (κ2) is 6.27. The number of nitriles is 1. The predicted octanol–water partition coefficient (Wildman–Crippen LogP) is 3.04. The van der Waals surface area contributed by atoms with Crippen LogP contribution in [-0.2, 0) is 0 Å². The van der Waals surface area contributed by atoms with Crippen LogP contribution in [0.2, 0.25) is 0 Å². The molecule has 0 radical (unpaired) electrons. The van der Waals surface area contributed by atoms with Crippen LogP contribution in [0.1, 0.15) is 58.3 Å². The fourth-order valence-electron chi connectivity index (χ4n) is 3.08. The normalized spacial score (nSPS) is 32.2. The van der Waals surface area contributed by atoms with Crippen LogP contribution in [0.5, 0.6) is 0 Å². The van der Waals surface area contributed by atoms with Gasteiger partial charge >= 0.3 is 6.03 Å². The summed E-state index contributed by atoms with van der Waals surface area (Å²) < 4.78 is 0. The summed E-state index contributed by atoms with van der Waals surface area (Å²) in [6, 6.07) is 2.34. The summed E-state index contributed by atoms with van der Waals surface area (Å²) in [5.74, 6) is 0.677. The van der Waals surface area contributed by atoms with Gasteiger partial charge in [0.2, 0.25) is 0 Å². The number of carbonyl (C=O) groups excluding carboxylic acids is 1. The van der Waals surface area contributed by atoms with Crippen molar-refractivity contribution in [3.05, 3.63) is 0 Å². The maximum Gasteiger partial charge on any atom is 0.318 e. The van der Waals surface area contributed by atoms with Gasteiger partial charge in [-0.15, -0.1) is 0 Å². The van der Waals surface area contributed by atoms with E-state index in [0.717, 1.165) is 51.6 Å². The quantitative estimate of drug-likeness (QED) is 0.790. The van der Waals surface area contributed by atoms with Crippen molar-refractivity contribution >= 4 is 6.03 Å². The molecule has 2 aliphatic rings. The van der Waals surface area contributed by atoms with Crippen LogP contribution in [-0.4, -0.2) is 29.6 Å². The fourth-order valence-corrected chi connectivity index (χ4v) is 3.08. The van der Waals surface area contributed by atoms with Crippen LogP contribution in [0.15, 0.2) is 0 Å². The number of hydrogen-bond donors (Lipinski definition) is 1. The first kappa shape index (κ1) is 14.2. The number of urea groups is 1. The standard InChI is InChI=1S/C15H25N3O/c1-13-6-8-15(12-16,9-7-13)17-14(19)18-10-4-2-3-5-11-18/h13H,2-11H2,1H3,(H,17,19). The lowest BCUT2D eigenvalue weighted by Gasteiger charge is -2.36. The lowest BCUT2D eigenvalue weighted by Crippen LogP contribution is -2.54. The maximum absolute atomic E-state index is 12.3. The number of nitrogens with one attached hydrogen (secondary N) is 1. The molecule has 2 amide bonds. The number of amides is 2. The molecule has 0 aromatic heterocycles. The Morgan fingerprint density at radius 2 is 1.79 bits per heavy atom. The molecule has 0 spiro atoms. The first-order valence-electron chi connectivity index (χ1n) is 7.63. The first-order chi connectivity index (χ1) is 9.15. The monoisotopic (exact) mass is 263 g/mol. The smallest absolute Gasteiger partial charge is 0.318 e. The fraction of sp³-hybridized carbons (Fsp3) is 0.867. The summed E-state index contributed by atoms with van der Waals surface area (Å²) >= 11 is 0. The van der Waals surface area contributed by atoms with E-state index in [4.69, 9.17) is 0 Å². The second-order valence-corrected chi connectivity index (χ2v) is 6.21. The average molecular weight is 263 g/mol. The SMILES string of the molecule is CC1CCC(C#N)(NC(=O)N2CCCCCC2)CC1. The molecular formula is C15H25N3O. The largest absolute Gasteiger partial charge is 0.325 e. The van der Waals surface area contributed by atoms with Gasteiger partial charge in [0, 0.05) is 13.1 Å². The van der Waals surface area contributed by atoms with Gasteiger partial charge < -0.3 is 10.2 Å². The molecule has 1 saturated carbocycles. The van der Waals surface area contributed by atoms with Crippen molar-refractivity contribution in [1.29, 1.82) is 5.26 Å². The lowest BCUT2D eigenvalue weighted by atomic mass is 9.78. The molecule has 1 aliphatic carbocycles. The van der Waals surface area contributed by atoms with Crippen molar-refractivity contribution in [2.24, 2.45) is 5.92 Å². The van der Waals surface area contributed by atoms with Crippen molar-refractivity contribution in [3.8, 4) is 6.07 Å². The summed E-state index contributed by atoms with van der Waals surface area (Å²) in [4.78, 5) is 14.2. The lowest BCUT2D eigenvalue weighted by molar-refractivity contribution is 0.177. The van der Waals surface area contributed by atoms with E-state index in [0.29, 0.717) is 5.92 Å². The van der Waals surface area contributed by atoms with Crippen LogP contribution in [0.4, 0.5) is 4.79 Å². The van der Waals surface area contributed by atoms with Crippen molar-refractivity contribution < 1.29 is 4.79 Å². The summed E-state index contributed by atoms with van der Waals surface area (Å²) in [5.41, 5.74) is -0.615. The molecule has 0 bridgehead atoms. The van der Waals surface area contributed by atoms with Gasteiger partial charge in [0.1, 0.15) is 5.54 Å². The molecule has 19 heavy (non-hydrogen) atoms. The van der Waals surface area contributed by atoms with Gasteiger partial charge in [-0.05, 0) is 44.4 Å². The number of hydrogen-bond acceptors (Lipinski definition) is 2. The summed E-state index contributed by atoms with van der Waals surface area (Å²) in [6.07, 6.45) is 8.26. The zero-order valence-corrected chi connectivity index (χ0v) is 12.0. The van der Waals surface area contributed by atoms with Crippen LogP contribution in [0, 0.1) is 17.2 Å². The molecule has 0 aromatic rings. The minimum Gasteiger partial charge on any atom is -0.325 e. The summed E-state index contributed by atoms with van der Waals surface area (Å²) in [6.45, 7) is 3.89. The minimum absolute atomic E-state index is 0.0296. The van der Waals surface area contributed by atoms with E-state index in [1.807, 2.05) is 4.90 Å². The van der Waals surface area contributed by atoms with E-state index in [9.17, 15) is 10.1 Å². The van der Waals surface area contributed by atoms with Gasteiger partial charge in [0.25, 0.3) is 0 Å². The first-order valence-corrected chi connectivity index (χ1v) is 7.63. The highest BCUT2D eigenvalue weighted by atomic mass is 16.2. The molecule has 1 saturated heterocycles. The van der Waals surface area contributed by atoms with Crippen LogP contribution in [0.3, 0.4) is 0 Å². The van der Waals surface area contributed by atoms with E-state index in [-0.39, 0.29) is 6.03 Å². The Labute approximate surface area is 116 Å². The van der Waals surface area contributed by atoms with Crippen LogP contribution < -0.4 is 5.32 Å². The van der Waals surface area contributed by atoms with Crippen LogP contribution >= 0.6 is 0 Å². The number of nitrogens with zero attached hydrogens (tertiary/aromatic N) is 2. The van der Waals surface area contributed by atoms with Crippen molar-refractivity contribution in [2.45, 2.75) is 63.8 Å². The molecule has 2 fully saturated rings. The molecule has 106 valence electrons. The number of carbonyl (C=O) groups is 1. The third-order valence-corrected chi connectivity index (χ3v) is 4.58. The zero-order chi connectivity index (χ0) is 13.7. The Hall–Kier alpha value is -1.24. The Balaban J connectivity index is 1.94. The zero-order valence-electron chi connectivity index (χ0n) is 12.0. The third kappa shape index (κ3) is 3.62. The number of rotatable bonds is 1. The molecule has 0 atom stereocenters. The minimum atomic E-state index is -0.615. The Morgan fingerprint density at radius 3 is 2.32 bits per heavy atom. The maximum atomic E-state index is 12.3. The highest BCUT2D eigenvalue weighted by Crippen LogP contribution is 2.31. The molecule has 1 N–H and O–H groups in total. The molecular weight excluding hydrogens is 238 g/mol. The highest BCUT2D eigenvalue weighted by molar-refractivity contribution is 5.75. The summed E-state index contributed by atoms with van der Waals surface area (Å²) in [7, 11) is 0. The summed E-state index contributed by atoms with van der Waals surface area (Å²) in [5, 5.41) is 12.5. The molecule has 0 aromatic carbocycles. The molecule has 4 heteroatoms. The topological polar surface area (TPSA) is 56.1 Å². The molecule has 1 heterocycles. The van der Waals surface area contributed by atoms with Gasteiger partial charge in [-0.2, -0.15) is 5.26 Å². The highest BCUT2D eigenvalue weighted by Gasteiger charge is 2.36. The van der Waals surface area contributed by atoms with Gasteiger partial charge in [0.15, 0.2) is 0 Å². The Kier molecular flexibility index (Phi) is 4.68. The third-order valence-electron chi connectivity index (χ3n) is 4.58. The Bertz CT molecular complexity index is 345. The van der Waals surface area contributed by atoms with Crippen molar-refractivity contribution in [3.63, 3.8) is 0 Å². The average Bonchev–Trinajstić information content (AvgIpc) is 2.71. The predicted molar refractivity (Wildman–Crippen MR) is 74.5 cm³/mol. The van der Waals surface area contributed by atoms with E-state index >= 15 is 0 Å². The van der Waals surface area contributed by atoms with Gasteiger partial charge in [-0.25, -0.2) is 4.79 Å². The van der Waals surface area contributed by atoms with E-state index in [1.54, 1.807) is 0 Å². The van der Waals surface area contributed by atoms with E-state index < -0.39 is 5.54 Å². The molecule has 2 rings (SSSR count). The van der Waals surface area contributed by atoms with Gasteiger partial charge in [-0.3, -0.25) is 0 Å². The number of likely N-dealkylation sites (tertiary alicyclic amines) is 1. The van der Waals surface area contributed by atoms with Crippen LogP contribution in [0.25, 0.3) is 0 Å². The second-order valence-electron chi connectivity index (χ2n) is 6.21. The van der Waals surface area contributed by atoms with E-state index in [2.05, 4.69) is 18.3 Å². The molecule has 1 aliphatic heterocycles. The molecule has 4 nitrogen and oxygen atoms in total. The van der Waals surface area contributed by atoms with Crippen molar-refractivity contribution in [2.75, 3.05) is 13.1 Å².